The van der Waals surface area contributed by atoms with E-state index in [1.807, 2.05) is 40.7 Å². The number of alkyl halides is 1. The monoisotopic (exact) mass is 434 g/mol. The average Bonchev–Trinajstić information content (AvgIpc) is 3.48. The van der Waals surface area contributed by atoms with Crippen LogP contribution in [0.3, 0.4) is 0 Å². The number of imidazole rings is 1. The molecule has 0 N–H and O–H groups in total. The van der Waals surface area contributed by atoms with Crippen LogP contribution in [-0.2, 0) is 6.54 Å². The number of amides is 1. The Morgan fingerprint density at radius 1 is 1.03 bits per heavy atom. The van der Waals surface area contributed by atoms with Crippen molar-refractivity contribution in [1.29, 1.82) is 0 Å². The average molecular weight is 435 g/mol. The Kier molecular flexibility index (Phi) is 5.96. The van der Waals surface area contributed by atoms with Crippen LogP contribution in [0.15, 0.2) is 42.5 Å². The van der Waals surface area contributed by atoms with Crippen molar-refractivity contribution in [2.75, 3.05) is 32.9 Å². The minimum absolute atomic E-state index is 0.0346. The standard InChI is InChI=1S/C26H31FN4O/c1-19-24(26(32)30-17-15-29(16-18-30)21-9-3-4-10-21)28-25(31(19)14-13-27)23-12-6-8-20-7-2-5-11-22(20)23/h2,5-8,11-12,21H,3-4,9-10,13-18H2,1H3. The highest BCUT2D eigenvalue weighted by Gasteiger charge is 2.30. The molecule has 2 heterocycles. The van der Waals surface area contributed by atoms with E-state index in [0.29, 0.717) is 17.6 Å². The van der Waals surface area contributed by atoms with E-state index in [1.165, 1.54) is 25.7 Å². The smallest absolute Gasteiger partial charge is 0.274 e. The molecule has 6 heteroatoms. The SMILES string of the molecule is Cc1c(C(=O)N2CCN(C3CCCC3)CC2)nc(-c2cccc3ccccc23)n1CCF. The van der Waals surface area contributed by atoms with E-state index in [2.05, 4.69) is 23.1 Å². The summed E-state index contributed by atoms with van der Waals surface area (Å²) in [6.07, 6.45) is 5.22. The van der Waals surface area contributed by atoms with Gasteiger partial charge in [-0.25, -0.2) is 9.37 Å². The number of benzene rings is 2. The molecule has 2 fully saturated rings. The number of fused-ring (bicyclic) bond motifs is 1. The predicted octanol–water partition coefficient (Wildman–Crippen LogP) is 4.68. The predicted molar refractivity (Wildman–Crippen MR) is 126 cm³/mol. The summed E-state index contributed by atoms with van der Waals surface area (Å²) >= 11 is 0. The first kappa shape index (κ1) is 21.1. The van der Waals surface area contributed by atoms with Gasteiger partial charge in [0.25, 0.3) is 5.91 Å². The van der Waals surface area contributed by atoms with Crippen molar-refractivity contribution < 1.29 is 9.18 Å². The molecule has 0 bridgehead atoms. The number of rotatable bonds is 5. The van der Waals surface area contributed by atoms with Gasteiger partial charge in [-0.05, 0) is 30.5 Å². The number of carbonyl (C=O) groups excluding carboxylic acids is 1. The number of piperazine rings is 1. The van der Waals surface area contributed by atoms with Gasteiger partial charge in [0.2, 0.25) is 0 Å². The lowest BCUT2D eigenvalue weighted by Gasteiger charge is -2.37. The number of aromatic nitrogens is 2. The molecule has 5 rings (SSSR count). The molecule has 1 aromatic heterocycles. The van der Waals surface area contributed by atoms with E-state index >= 15 is 0 Å². The largest absolute Gasteiger partial charge is 0.335 e. The summed E-state index contributed by atoms with van der Waals surface area (Å²) in [7, 11) is 0. The van der Waals surface area contributed by atoms with Crippen LogP contribution in [0.25, 0.3) is 22.2 Å². The van der Waals surface area contributed by atoms with Crippen molar-refractivity contribution in [2.24, 2.45) is 0 Å². The van der Waals surface area contributed by atoms with Gasteiger partial charge in [0.15, 0.2) is 0 Å². The summed E-state index contributed by atoms with van der Waals surface area (Å²) in [5.74, 6) is 0.637. The molecule has 0 spiro atoms. The summed E-state index contributed by atoms with van der Waals surface area (Å²) in [6.45, 7) is 4.90. The van der Waals surface area contributed by atoms with E-state index < -0.39 is 6.67 Å². The van der Waals surface area contributed by atoms with Gasteiger partial charge >= 0.3 is 0 Å². The van der Waals surface area contributed by atoms with Crippen molar-refractivity contribution in [1.82, 2.24) is 19.4 Å². The molecule has 2 aliphatic rings. The topological polar surface area (TPSA) is 41.4 Å². The summed E-state index contributed by atoms with van der Waals surface area (Å²) in [6, 6.07) is 14.9. The third-order valence-electron chi connectivity index (χ3n) is 7.20. The zero-order valence-corrected chi connectivity index (χ0v) is 18.8. The molecule has 1 saturated heterocycles. The van der Waals surface area contributed by atoms with Gasteiger partial charge in [-0.2, -0.15) is 0 Å². The van der Waals surface area contributed by atoms with Gasteiger partial charge in [0.05, 0.1) is 6.54 Å². The molecule has 2 aromatic carbocycles. The van der Waals surface area contributed by atoms with Crippen molar-refractivity contribution in [3.63, 3.8) is 0 Å². The van der Waals surface area contributed by atoms with Gasteiger partial charge in [-0.3, -0.25) is 9.69 Å². The third-order valence-corrected chi connectivity index (χ3v) is 7.20. The first-order valence-electron chi connectivity index (χ1n) is 11.8. The van der Waals surface area contributed by atoms with E-state index in [0.717, 1.165) is 48.2 Å². The Morgan fingerprint density at radius 3 is 2.50 bits per heavy atom. The first-order valence-corrected chi connectivity index (χ1v) is 11.8. The second-order valence-corrected chi connectivity index (χ2v) is 9.00. The minimum Gasteiger partial charge on any atom is -0.335 e. The van der Waals surface area contributed by atoms with Crippen LogP contribution in [0.2, 0.25) is 0 Å². The molecule has 3 aromatic rings. The van der Waals surface area contributed by atoms with E-state index in [1.54, 1.807) is 0 Å². The van der Waals surface area contributed by atoms with Gasteiger partial charge in [-0.15, -0.1) is 0 Å². The second-order valence-electron chi connectivity index (χ2n) is 9.00. The van der Waals surface area contributed by atoms with Crippen LogP contribution in [-0.4, -0.2) is 64.2 Å². The molecule has 168 valence electrons. The summed E-state index contributed by atoms with van der Waals surface area (Å²) in [5.41, 5.74) is 2.13. The molecule has 0 radical (unpaired) electrons. The fourth-order valence-electron chi connectivity index (χ4n) is 5.43. The summed E-state index contributed by atoms with van der Waals surface area (Å²) in [4.78, 5) is 22.7. The highest BCUT2D eigenvalue weighted by atomic mass is 19.1. The number of carbonyl (C=O) groups is 1. The third kappa shape index (κ3) is 3.81. The summed E-state index contributed by atoms with van der Waals surface area (Å²) < 4.78 is 15.3. The maximum atomic E-state index is 13.5. The van der Waals surface area contributed by atoms with Gasteiger partial charge in [-0.1, -0.05) is 55.3 Å². The van der Waals surface area contributed by atoms with Crippen LogP contribution < -0.4 is 0 Å². The normalized spacial score (nSPS) is 18.0. The lowest BCUT2D eigenvalue weighted by molar-refractivity contribution is 0.0567. The maximum absolute atomic E-state index is 13.5. The molecule has 0 unspecified atom stereocenters. The lowest BCUT2D eigenvalue weighted by atomic mass is 10.0. The number of hydrogen-bond acceptors (Lipinski definition) is 3. The van der Waals surface area contributed by atoms with E-state index in [-0.39, 0.29) is 12.5 Å². The molecular weight excluding hydrogens is 403 g/mol. The Labute approximate surface area is 188 Å². The Bertz CT molecular complexity index is 1100. The minimum atomic E-state index is -0.497. The quantitative estimate of drug-likeness (QED) is 0.585. The summed E-state index contributed by atoms with van der Waals surface area (Å²) in [5, 5.41) is 2.16. The van der Waals surface area contributed by atoms with Gasteiger partial charge in [0.1, 0.15) is 18.2 Å². The van der Waals surface area contributed by atoms with Crippen molar-refractivity contribution >= 4 is 16.7 Å². The number of nitrogens with zero attached hydrogens (tertiary/aromatic N) is 4. The molecule has 1 saturated carbocycles. The van der Waals surface area contributed by atoms with Crippen molar-refractivity contribution in [2.45, 2.75) is 45.2 Å². The first-order chi connectivity index (χ1) is 15.7. The van der Waals surface area contributed by atoms with Crippen LogP contribution in [0.5, 0.6) is 0 Å². The Hall–Kier alpha value is -2.73. The maximum Gasteiger partial charge on any atom is 0.274 e. The van der Waals surface area contributed by atoms with Crippen molar-refractivity contribution in [3.8, 4) is 11.4 Å². The van der Waals surface area contributed by atoms with Crippen LogP contribution in [0.4, 0.5) is 4.39 Å². The van der Waals surface area contributed by atoms with Crippen LogP contribution in [0.1, 0.15) is 41.9 Å². The highest BCUT2D eigenvalue weighted by Crippen LogP contribution is 2.30. The van der Waals surface area contributed by atoms with Crippen LogP contribution in [0, 0.1) is 6.92 Å². The van der Waals surface area contributed by atoms with Crippen LogP contribution >= 0.6 is 0 Å². The highest BCUT2D eigenvalue weighted by molar-refractivity contribution is 5.98. The molecule has 0 atom stereocenters. The lowest BCUT2D eigenvalue weighted by Crippen LogP contribution is -2.51. The Balaban J connectivity index is 1.44. The Morgan fingerprint density at radius 2 is 1.75 bits per heavy atom. The van der Waals surface area contributed by atoms with Gasteiger partial charge < -0.3 is 9.47 Å². The van der Waals surface area contributed by atoms with E-state index in [4.69, 9.17) is 4.98 Å². The molecule has 1 aliphatic carbocycles. The fraction of sp³-hybridized carbons (Fsp3) is 0.462. The second kappa shape index (κ2) is 9.02. The zero-order valence-electron chi connectivity index (χ0n) is 18.8. The molecular formula is C26H31FN4O. The molecule has 1 amide bonds. The number of hydrogen-bond donors (Lipinski definition) is 0. The molecule has 32 heavy (non-hydrogen) atoms. The number of halogens is 1. The van der Waals surface area contributed by atoms with E-state index in [9.17, 15) is 9.18 Å². The zero-order chi connectivity index (χ0) is 22.1. The molecule has 1 aliphatic heterocycles. The molecule has 5 nitrogen and oxygen atoms in total. The van der Waals surface area contributed by atoms with Crippen molar-refractivity contribution in [3.05, 3.63) is 53.9 Å². The van der Waals surface area contributed by atoms with Gasteiger partial charge in [0, 0.05) is 43.5 Å². The fourth-order valence-corrected chi connectivity index (χ4v) is 5.43.